The Bertz CT molecular complexity index is 1570. The highest BCUT2D eigenvalue weighted by atomic mass is 16.5. The SMILES string of the molecule is Nc1nccn2c(C3CC(N4CCOCC4)C3)nc(-c3ccc4ccc(C5=CC=CCC=C5)nc4c3)c12. The Morgan fingerprint density at radius 1 is 1.00 bits per heavy atom. The Labute approximate surface area is 216 Å². The molecule has 0 radical (unpaired) electrons. The molecule has 186 valence electrons. The van der Waals surface area contributed by atoms with E-state index in [9.17, 15) is 0 Å². The fourth-order valence-electron chi connectivity index (χ4n) is 5.79. The van der Waals surface area contributed by atoms with Crippen molar-refractivity contribution in [1.29, 1.82) is 0 Å². The van der Waals surface area contributed by atoms with E-state index in [2.05, 4.69) is 75.0 Å². The second-order valence-corrected chi connectivity index (χ2v) is 10.1. The van der Waals surface area contributed by atoms with Gasteiger partial charge in [0.1, 0.15) is 22.9 Å². The van der Waals surface area contributed by atoms with E-state index in [1.807, 2.05) is 6.20 Å². The van der Waals surface area contributed by atoms with Gasteiger partial charge in [-0.3, -0.25) is 9.30 Å². The summed E-state index contributed by atoms with van der Waals surface area (Å²) in [5.74, 6) is 1.98. The van der Waals surface area contributed by atoms with E-state index >= 15 is 0 Å². The van der Waals surface area contributed by atoms with Crippen molar-refractivity contribution in [3.8, 4) is 11.3 Å². The van der Waals surface area contributed by atoms with Gasteiger partial charge in [0.2, 0.25) is 0 Å². The summed E-state index contributed by atoms with van der Waals surface area (Å²) in [5, 5.41) is 1.10. The lowest BCUT2D eigenvalue weighted by atomic mass is 9.78. The summed E-state index contributed by atoms with van der Waals surface area (Å²) in [6.45, 7) is 3.72. The lowest BCUT2D eigenvalue weighted by molar-refractivity contribution is -0.00778. The third kappa shape index (κ3) is 4.04. The Balaban J connectivity index is 1.26. The predicted octanol–water partition coefficient (Wildman–Crippen LogP) is 5.00. The largest absolute Gasteiger partial charge is 0.382 e. The minimum absolute atomic E-state index is 0.406. The number of nitrogens with two attached hydrogens (primary N) is 1. The lowest BCUT2D eigenvalue weighted by Crippen LogP contribution is -2.49. The number of pyridine rings is 1. The highest BCUT2D eigenvalue weighted by Crippen LogP contribution is 2.42. The Hall–Kier alpha value is -3.81. The summed E-state index contributed by atoms with van der Waals surface area (Å²) in [6.07, 6.45) is 17.6. The number of hydrogen-bond acceptors (Lipinski definition) is 6. The zero-order valence-electron chi connectivity index (χ0n) is 20.8. The molecule has 0 atom stereocenters. The number of nitrogens with zero attached hydrogens (tertiary/aromatic N) is 5. The molecule has 3 aromatic heterocycles. The van der Waals surface area contributed by atoms with E-state index in [1.165, 1.54) is 0 Å². The standard InChI is InChI=1S/C30H30N6O/c31-29-28-27(22-8-7-21-9-10-25(33-26(21)19-22)20-5-3-1-2-4-6-20)34-30(36(28)12-11-32-29)23-17-24(18-23)35-13-15-37-16-14-35/h1,3-12,19,23-24H,2,13-18H2,(H2,31,32). The number of rotatable bonds is 4. The van der Waals surface area contributed by atoms with Gasteiger partial charge >= 0.3 is 0 Å². The summed E-state index contributed by atoms with van der Waals surface area (Å²) in [6, 6.07) is 11.2. The third-order valence-electron chi connectivity index (χ3n) is 7.89. The number of ether oxygens (including phenoxy) is 1. The summed E-state index contributed by atoms with van der Waals surface area (Å²) in [7, 11) is 0. The van der Waals surface area contributed by atoms with Crippen molar-refractivity contribution in [2.45, 2.75) is 31.2 Å². The summed E-state index contributed by atoms with van der Waals surface area (Å²) in [5.41, 5.74) is 12.2. The summed E-state index contributed by atoms with van der Waals surface area (Å²) < 4.78 is 7.69. The van der Waals surface area contributed by atoms with Crippen molar-refractivity contribution in [3.63, 3.8) is 0 Å². The molecule has 1 aromatic carbocycles. The zero-order chi connectivity index (χ0) is 24.8. The first-order valence-corrected chi connectivity index (χ1v) is 13.1. The number of fused-ring (bicyclic) bond motifs is 2. The molecule has 3 aliphatic rings. The molecule has 7 nitrogen and oxygen atoms in total. The molecule has 2 aliphatic carbocycles. The minimum atomic E-state index is 0.406. The van der Waals surface area contributed by atoms with Crippen molar-refractivity contribution >= 4 is 27.8 Å². The normalized spacial score (nSPS) is 22.2. The lowest BCUT2D eigenvalue weighted by Gasteiger charge is -2.43. The first-order valence-electron chi connectivity index (χ1n) is 13.1. The van der Waals surface area contributed by atoms with Crippen molar-refractivity contribution in [2.24, 2.45) is 0 Å². The van der Waals surface area contributed by atoms with Gasteiger partial charge in [-0.25, -0.2) is 15.0 Å². The number of morpholine rings is 1. The Morgan fingerprint density at radius 2 is 1.86 bits per heavy atom. The zero-order valence-corrected chi connectivity index (χ0v) is 20.8. The van der Waals surface area contributed by atoms with Gasteiger partial charge in [-0.2, -0.15) is 0 Å². The molecule has 1 saturated heterocycles. The van der Waals surface area contributed by atoms with Crippen LogP contribution in [0.1, 0.15) is 36.7 Å². The smallest absolute Gasteiger partial charge is 0.150 e. The fraction of sp³-hybridized carbons (Fsp3) is 0.300. The minimum Gasteiger partial charge on any atom is -0.382 e. The van der Waals surface area contributed by atoms with Crippen LogP contribution in [0.2, 0.25) is 0 Å². The van der Waals surface area contributed by atoms with Gasteiger partial charge in [0.15, 0.2) is 0 Å². The number of allylic oxidation sites excluding steroid dienone is 6. The van der Waals surface area contributed by atoms with E-state index in [1.54, 1.807) is 6.20 Å². The number of anilines is 1. The van der Waals surface area contributed by atoms with E-state index < -0.39 is 0 Å². The second kappa shape index (κ2) is 9.25. The monoisotopic (exact) mass is 490 g/mol. The van der Waals surface area contributed by atoms with Gasteiger partial charge in [0, 0.05) is 48.4 Å². The predicted molar refractivity (Wildman–Crippen MR) is 147 cm³/mol. The summed E-state index contributed by atoms with van der Waals surface area (Å²) >= 11 is 0. The molecule has 1 aliphatic heterocycles. The van der Waals surface area contributed by atoms with E-state index in [0.717, 1.165) is 90.3 Å². The van der Waals surface area contributed by atoms with E-state index in [4.69, 9.17) is 20.4 Å². The Kier molecular flexibility index (Phi) is 5.60. The third-order valence-corrected chi connectivity index (χ3v) is 7.89. The van der Waals surface area contributed by atoms with Gasteiger partial charge in [0.25, 0.3) is 0 Å². The molecule has 0 spiro atoms. The van der Waals surface area contributed by atoms with Crippen LogP contribution in [0.5, 0.6) is 0 Å². The average Bonchev–Trinajstić information content (AvgIpc) is 3.08. The molecule has 1 saturated carbocycles. The first-order chi connectivity index (χ1) is 18.2. The van der Waals surface area contributed by atoms with Gasteiger partial charge in [-0.05, 0) is 37.0 Å². The molecule has 7 rings (SSSR count). The van der Waals surface area contributed by atoms with Gasteiger partial charge in [0.05, 0.1) is 24.4 Å². The Morgan fingerprint density at radius 3 is 2.76 bits per heavy atom. The van der Waals surface area contributed by atoms with Crippen LogP contribution in [-0.2, 0) is 4.74 Å². The maximum Gasteiger partial charge on any atom is 0.150 e. The topological polar surface area (TPSA) is 81.6 Å². The average molecular weight is 491 g/mol. The van der Waals surface area contributed by atoms with Crippen LogP contribution in [-0.4, -0.2) is 56.6 Å². The van der Waals surface area contributed by atoms with Crippen LogP contribution in [0.3, 0.4) is 0 Å². The quantitative estimate of drug-likeness (QED) is 0.433. The van der Waals surface area contributed by atoms with Gasteiger partial charge < -0.3 is 10.5 Å². The fourth-order valence-corrected chi connectivity index (χ4v) is 5.79. The molecule has 0 amide bonds. The molecular formula is C30H30N6O. The van der Waals surface area contributed by atoms with Crippen LogP contribution < -0.4 is 5.73 Å². The highest BCUT2D eigenvalue weighted by molar-refractivity contribution is 5.91. The highest BCUT2D eigenvalue weighted by Gasteiger charge is 2.38. The second-order valence-electron chi connectivity index (χ2n) is 10.1. The maximum atomic E-state index is 6.43. The molecule has 7 heteroatoms. The molecule has 2 fully saturated rings. The van der Waals surface area contributed by atoms with Crippen molar-refractivity contribution in [2.75, 3.05) is 32.0 Å². The number of imidazole rings is 1. The first kappa shape index (κ1) is 22.4. The molecular weight excluding hydrogens is 460 g/mol. The van der Waals surface area contributed by atoms with Crippen molar-refractivity contribution in [3.05, 3.63) is 84.6 Å². The van der Waals surface area contributed by atoms with E-state index in [-0.39, 0.29) is 0 Å². The van der Waals surface area contributed by atoms with Crippen LogP contribution in [0.25, 0.3) is 33.3 Å². The number of benzene rings is 1. The summed E-state index contributed by atoms with van der Waals surface area (Å²) in [4.78, 5) is 17.2. The van der Waals surface area contributed by atoms with Crippen LogP contribution >= 0.6 is 0 Å². The molecule has 2 N–H and O–H groups in total. The van der Waals surface area contributed by atoms with Gasteiger partial charge in [-0.1, -0.05) is 48.6 Å². The molecule has 0 unspecified atom stereocenters. The molecule has 4 aromatic rings. The number of nitrogen functional groups attached to an aromatic ring is 1. The van der Waals surface area contributed by atoms with Crippen LogP contribution in [0, 0.1) is 0 Å². The molecule has 0 bridgehead atoms. The van der Waals surface area contributed by atoms with Gasteiger partial charge in [-0.15, -0.1) is 0 Å². The van der Waals surface area contributed by atoms with Crippen LogP contribution in [0.4, 0.5) is 5.82 Å². The van der Waals surface area contributed by atoms with Crippen molar-refractivity contribution < 1.29 is 4.74 Å². The number of aromatic nitrogens is 4. The molecule has 4 heterocycles. The molecule has 37 heavy (non-hydrogen) atoms. The van der Waals surface area contributed by atoms with Crippen LogP contribution in [0.15, 0.2) is 73.1 Å². The number of hydrogen-bond donors (Lipinski definition) is 1. The maximum absolute atomic E-state index is 6.43. The van der Waals surface area contributed by atoms with E-state index in [0.29, 0.717) is 17.8 Å². The van der Waals surface area contributed by atoms with Crippen molar-refractivity contribution in [1.82, 2.24) is 24.3 Å².